The second-order valence-electron chi connectivity index (χ2n) is 10.5. The van der Waals surface area contributed by atoms with E-state index in [0.717, 1.165) is 22.3 Å². The van der Waals surface area contributed by atoms with Crippen LogP contribution in [0.5, 0.6) is 0 Å². The van der Waals surface area contributed by atoms with Crippen LogP contribution < -0.4 is 10.6 Å². The Kier molecular flexibility index (Phi) is 5.60. The van der Waals surface area contributed by atoms with Gasteiger partial charge in [0.1, 0.15) is 23.5 Å². The van der Waals surface area contributed by atoms with Gasteiger partial charge in [-0.3, -0.25) is 29.6 Å². The molecule has 2 N–H and O–H groups in total. The number of likely N-dealkylation sites (N-methyl/N-ethyl adjacent to an activating group) is 1. The number of benzene rings is 2. The van der Waals surface area contributed by atoms with E-state index in [1.807, 2.05) is 43.3 Å². The zero-order valence-corrected chi connectivity index (χ0v) is 21.4. The number of carbonyl (C=O) groups is 4. The molecule has 10 nitrogen and oxygen atoms in total. The monoisotopic (exact) mass is 515 g/mol. The summed E-state index contributed by atoms with van der Waals surface area (Å²) in [5.41, 5.74) is 2.41. The maximum absolute atomic E-state index is 13.7. The first-order chi connectivity index (χ1) is 18.2. The first-order valence-electron chi connectivity index (χ1n) is 12.8. The highest BCUT2D eigenvalue weighted by molar-refractivity contribution is 6.17. The van der Waals surface area contributed by atoms with Crippen molar-refractivity contribution in [2.75, 3.05) is 32.1 Å². The summed E-state index contributed by atoms with van der Waals surface area (Å²) in [5, 5.41) is 5.31. The predicted octanol–water partition coefficient (Wildman–Crippen LogP) is 1.79. The number of amidine groups is 1. The Morgan fingerprint density at radius 1 is 1.08 bits per heavy atom. The first kappa shape index (κ1) is 24.3. The van der Waals surface area contributed by atoms with E-state index in [1.54, 1.807) is 13.1 Å². The third-order valence-corrected chi connectivity index (χ3v) is 8.27. The van der Waals surface area contributed by atoms with Gasteiger partial charge in [0.15, 0.2) is 0 Å². The zero-order chi connectivity index (χ0) is 26.7. The van der Waals surface area contributed by atoms with Crippen LogP contribution in [-0.4, -0.2) is 77.3 Å². The average molecular weight is 516 g/mol. The minimum absolute atomic E-state index is 0.171. The van der Waals surface area contributed by atoms with Crippen LogP contribution in [0.25, 0.3) is 0 Å². The minimum atomic E-state index is -0.930. The van der Waals surface area contributed by atoms with Crippen LogP contribution in [0.1, 0.15) is 35.1 Å². The molecule has 2 aromatic rings. The summed E-state index contributed by atoms with van der Waals surface area (Å²) in [5.74, 6) is -0.308. The number of aryl methyl sites for hydroxylation is 1. The van der Waals surface area contributed by atoms with E-state index in [2.05, 4.69) is 10.6 Å². The Bertz CT molecular complexity index is 1410. The molecule has 4 aliphatic rings. The van der Waals surface area contributed by atoms with Gasteiger partial charge >= 0.3 is 6.03 Å². The number of amides is 5. The molecule has 38 heavy (non-hydrogen) atoms. The van der Waals surface area contributed by atoms with E-state index in [1.165, 1.54) is 9.80 Å². The van der Waals surface area contributed by atoms with Gasteiger partial charge in [-0.05, 0) is 35.7 Å². The number of imide groups is 1. The van der Waals surface area contributed by atoms with E-state index < -0.39 is 17.1 Å². The quantitative estimate of drug-likeness (QED) is 0.602. The van der Waals surface area contributed by atoms with Crippen molar-refractivity contribution >= 4 is 35.3 Å². The standard InChI is InChI=1S/C28H29N5O5/c1-17-5-3-4-6-21(17)23-31-27(9-11-38-12-10-27)25(36)33(23)16-22(34)29-20-8-7-18-14-28(15-19(18)13-20)24(35)30-26(37)32(28)2/h3-8,13H,9-12,14-16H2,1-2H3,(H,29,34)(H,30,35,37)/t28-/m0/s1. The number of ether oxygens (including phenoxy) is 1. The van der Waals surface area contributed by atoms with Crippen molar-refractivity contribution in [1.82, 2.24) is 15.1 Å². The molecule has 0 bridgehead atoms. The summed E-state index contributed by atoms with van der Waals surface area (Å²) in [6, 6.07) is 12.8. The molecule has 3 heterocycles. The Morgan fingerprint density at radius 2 is 1.82 bits per heavy atom. The topological polar surface area (TPSA) is 120 Å². The van der Waals surface area contributed by atoms with Crippen molar-refractivity contribution in [2.24, 2.45) is 4.99 Å². The minimum Gasteiger partial charge on any atom is -0.381 e. The van der Waals surface area contributed by atoms with Gasteiger partial charge in [0.05, 0.1) is 0 Å². The number of anilines is 1. The number of hydrogen-bond acceptors (Lipinski definition) is 6. The van der Waals surface area contributed by atoms with Crippen LogP contribution in [0.15, 0.2) is 47.5 Å². The molecular formula is C28H29N5O5. The molecular weight excluding hydrogens is 486 g/mol. The van der Waals surface area contributed by atoms with Crippen molar-refractivity contribution in [3.05, 3.63) is 64.7 Å². The smallest absolute Gasteiger partial charge is 0.324 e. The van der Waals surface area contributed by atoms with Crippen molar-refractivity contribution < 1.29 is 23.9 Å². The van der Waals surface area contributed by atoms with Crippen LogP contribution in [0.4, 0.5) is 10.5 Å². The van der Waals surface area contributed by atoms with Gasteiger partial charge in [0, 0.05) is 57.2 Å². The number of nitrogens with zero attached hydrogens (tertiary/aromatic N) is 3. The lowest BCUT2D eigenvalue weighted by Crippen LogP contribution is -2.48. The van der Waals surface area contributed by atoms with E-state index in [0.29, 0.717) is 50.4 Å². The molecule has 10 heteroatoms. The molecule has 0 unspecified atom stereocenters. The number of rotatable bonds is 4. The molecule has 1 aliphatic carbocycles. The van der Waals surface area contributed by atoms with Crippen LogP contribution in [0, 0.1) is 6.92 Å². The van der Waals surface area contributed by atoms with E-state index >= 15 is 0 Å². The molecule has 3 aliphatic heterocycles. The van der Waals surface area contributed by atoms with Gasteiger partial charge in [0.25, 0.3) is 11.8 Å². The second kappa shape index (κ2) is 8.76. The van der Waals surface area contributed by atoms with E-state index in [4.69, 9.17) is 9.73 Å². The van der Waals surface area contributed by atoms with Gasteiger partial charge in [-0.15, -0.1) is 0 Å². The lowest BCUT2D eigenvalue weighted by atomic mass is 9.90. The lowest BCUT2D eigenvalue weighted by molar-refractivity contribution is -0.136. The molecule has 2 spiro atoms. The maximum atomic E-state index is 13.7. The largest absolute Gasteiger partial charge is 0.381 e. The summed E-state index contributed by atoms with van der Waals surface area (Å²) < 4.78 is 5.49. The summed E-state index contributed by atoms with van der Waals surface area (Å²) in [6.07, 6.45) is 1.77. The fraction of sp³-hybridized carbons (Fsp3) is 0.393. The Hall–Kier alpha value is -4.05. The van der Waals surface area contributed by atoms with Gasteiger partial charge < -0.3 is 15.0 Å². The van der Waals surface area contributed by atoms with E-state index in [9.17, 15) is 19.2 Å². The molecule has 0 radical (unpaired) electrons. The second-order valence-corrected chi connectivity index (χ2v) is 10.5. The summed E-state index contributed by atoms with van der Waals surface area (Å²) in [7, 11) is 1.63. The molecule has 5 amide bonds. The number of carbonyl (C=O) groups excluding carboxylic acids is 4. The molecule has 2 saturated heterocycles. The molecule has 1 atom stereocenters. The van der Waals surface area contributed by atoms with Crippen molar-refractivity contribution in [2.45, 2.75) is 43.7 Å². The Morgan fingerprint density at radius 3 is 2.53 bits per heavy atom. The van der Waals surface area contributed by atoms with Crippen molar-refractivity contribution in [3.63, 3.8) is 0 Å². The highest BCUT2D eigenvalue weighted by Gasteiger charge is 2.54. The Balaban J connectivity index is 1.22. The van der Waals surface area contributed by atoms with Crippen LogP contribution >= 0.6 is 0 Å². The number of hydrogen-bond donors (Lipinski definition) is 2. The first-order valence-corrected chi connectivity index (χ1v) is 12.8. The van der Waals surface area contributed by atoms with E-state index in [-0.39, 0.29) is 24.3 Å². The van der Waals surface area contributed by atoms with Crippen molar-refractivity contribution in [3.8, 4) is 0 Å². The third kappa shape index (κ3) is 3.70. The fourth-order valence-corrected chi connectivity index (χ4v) is 5.99. The number of aliphatic imine (C=N–C) groups is 1. The lowest BCUT2D eigenvalue weighted by Gasteiger charge is -2.29. The van der Waals surface area contributed by atoms with Crippen LogP contribution in [-0.2, 0) is 32.0 Å². The molecule has 0 saturated carbocycles. The van der Waals surface area contributed by atoms with Gasteiger partial charge in [-0.2, -0.15) is 0 Å². The number of fused-ring (bicyclic) bond motifs is 1. The number of urea groups is 1. The fourth-order valence-electron chi connectivity index (χ4n) is 5.99. The normalized spacial score (nSPS) is 23.7. The maximum Gasteiger partial charge on any atom is 0.324 e. The number of nitrogens with one attached hydrogen (secondary N) is 2. The third-order valence-electron chi connectivity index (χ3n) is 8.27. The Labute approximate surface area is 220 Å². The molecule has 2 aromatic carbocycles. The molecule has 196 valence electrons. The molecule has 6 rings (SSSR count). The van der Waals surface area contributed by atoms with Crippen LogP contribution in [0.2, 0.25) is 0 Å². The van der Waals surface area contributed by atoms with Crippen molar-refractivity contribution in [1.29, 1.82) is 0 Å². The predicted molar refractivity (Wildman–Crippen MR) is 139 cm³/mol. The van der Waals surface area contributed by atoms with Gasteiger partial charge in [0.2, 0.25) is 5.91 Å². The molecule has 0 aromatic heterocycles. The van der Waals surface area contributed by atoms with Gasteiger partial charge in [-0.25, -0.2) is 4.79 Å². The highest BCUT2D eigenvalue weighted by atomic mass is 16.5. The van der Waals surface area contributed by atoms with Gasteiger partial charge in [-0.1, -0.05) is 30.3 Å². The average Bonchev–Trinajstić information content (AvgIpc) is 3.47. The van der Waals surface area contributed by atoms with Crippen LogP contribution in [0.3, 0.4) is 0 Å². The SMILES string of the molecule is Cc1ccccc1C1=NC2(CCOCC2)C(=O)N1CC(=O)Nc1ccc2c(c1)C[C@@]1(C2)C(=O)NC(=O)N1C. The highest BCUT2D eigenvalue weighted by Crippen LogP contribution is 2.38. The summed E-state index contributed by atoms with van der Waals surface area (Å²) >= 11 is 0. The zero-order valence-electron chi connectivity index (χ0n) is 21.4. The molecule has 2 fully saturated rings. The summed E-state index contributed by atoms with van der Waals surface area (Å²) in [4.78, 5) is 59.4. The summed E-state index contributed by atoms with van der Waals surface area (Å²) in [6.45, 7) is 2.69.